The number of sulfonamides is 1. The summed E-state index contributed by atoms with van der Waals surface area (Å²) in [5.41, 5.74) is 5.52. The van der Waals surface area contributed by atoms with Gasteiger partial charge < -0.3 is 5.73 Å². The number of hydrogen-bond donors (Lipinski definition) is 2. The molecule has 20 heavy (non-hydrogen) atoms. The van der Waals surface area contributed by atoms with Gasteiger partial charge in [-0.15, -0.1) is 0 Å². The van der Waals surface area contributed by atoms with Gasteiger partial charge in [-0.25, -0.2) is 17.5 Å². The predicted octanol–water partition coefficient (Wildman–Crippen LogP) is 2.65. The number of nitrogens with two attached hydrogens (primary N) is 1. The third kappa shape index (κ3) is 4.15. The lowest BCUT2D eigenvalue weighted by molar-refractivity contribution is 0.350. The molecule has 0 spiro atoms. The second kappa shape index (κ2) is 6.39. The van der Waals surface area contributed by atoms with E-state index in [2.05, 4.69) is 4.72 Å². The first kappa shape index (κ1) is 17.4. The molecule has 0 aliphatic carbocycles. The van der Waals surface area contributed by atoms with Gasteiger partial charge in [0.25, 0.3) is 0 Å². The molecule has 1 rings (SSSR count). The maximum atomic E-state index is 13.6. The van der Waals surface area contributed by atoms with Gasteiger partial charge in [0.1, 0.15) is 5.82 Å². The lowest BCUT2D eigenvalue weighted by Gasteiger charge is -2.22. The second-order valence-electron chi connectivity index (χ2n) is 5.42. The van der Waals surface area contributed by atoms with Crippen molar-refractivity contribution in [1.29, 1.82) is 0 Å². The molecule has 0 saturated carbocycles. The molecule has 0 radical (unpaired) electrons. The molecule has 3 N–H and O–H groups in total. The molecular formula is C13H20ClFN2O2S. The van der Waals surface area contributed by atoms with Crippen LogP contribution in [-0.4, -0.2) is 15.0 Å². The summed E-state index contributed by atoms with van der Waals surface area (Å²) >= 11 is 5.72. The van der Waals surface area contributed by atoms with Crippen LogP contribution in [0.25, 0.3) is 0 Å². The molecule has 7 heteroatoms. The molecular weight excluding hydrogens is 303 g/mol. The Bertz CT molecular complexity index is 588. The van der Waals surface area contributed by atoms with Gasteiger partial charge in [-0.3, -0.25) is 0 Å². The van der Waals surface area contributed by atoms with Gasteiger partial charge in [0.05, 0.1) is 9.92 Å². The van der Waals surface area contributed by atoms with E-state index in [4.69, 9.17) is 17.3 Å². The minimum atomic E-state index is -3.78. The van der Waals surface area contributed by atoms with Crippen LogP contribution in [0.1, 0.15) is 32.8 Å². The van der Waals surface area contributed by atoms with Crippen molar-refractivity contribution in [2.75, 3.05) is 6.54 Å². The average Bonchev–Trinajstić information content (AvgIpc) is 2.39. The summed E-state index contributed by atoms with van der Waals surface area (Å²) in [7, 11) is -3.78. The number of rotatable bonds is 6. The van der Waals surface area contributed by atoms with E-state index in [-0.39, 0.29) is 34.0 Å². The molecule has 0 unspecified atom stereocenters. The fourth-order valence-electron chi connectivity index (χ4n) is 1.42. The quantitative estimate of drug-likeness (QED) is 0.845. The normalized spacial score (nSPS) is 12.7. The van der Waals surface area contributed by atoms with E-state index >= 15 is 0 Å². The Morgan fingerprint density at radius 1 is 1.40 bits per heavy atom. The first-order valence-electron chi connectivity index (χ1n) is 6.30. The lowest BCUT2D eigenvalue weighted by Crippen LogP contribution is -2.33. The van der Waals surface area contributed by atoms with Crippen molar-refractivity contribution in [3.63, 3.8) is 0 Å². The molecule has 0 fully saturated rings. The van der Waals surface area contributed by atoms with E-state index in [1.807, 2.05) is 20.8 Å². The van der Waals surface area contributed by atoms with E-state index in [1.54, 1.807) is 0 Å². The summed E-state index contributed by atoms with van der Waals surface area (Å²) < 4.78 is 40.4. The van der Waals surface area contributed by atoms with Crippen LogP contribution in [0.15, 0.2) is 17.0 Å². The van der Waals surface area contributed by atoms with Crippen molar-refractivity contribution in [1.82, 2.24) is 4.72 Å². The molecule has 114 valence electrons. The van der Waals surface area contributed by atoms with E-state index in [1.165, 1.54) is 6.07 Å². The highest BCUT2D eigenvalue weighted by Gasteiger charge is 2.22. The van der Waals surface area contributed by atoms with Crippen LogP contribution < -0.4 is 10.5 Å². The highest BCUT2D eigenvalue weighted by atomic mass is 35.5. The first-order chi connectivity index (χ1) is 9.13. The highest BCUT2D eigenvalue weighted by molar-refractivity contribution is 7.89. The van der Waals surface area contributed by atoms with Crippen molar-refractivity contribution >= 4 is 21.6 Å². The van der Waals surface area contributed by atoms with Crippen molar-refractivity contribution in [3.8, 4) is 0 Å². The van der Waals surface area contributed by atoms with Crippen molar-refractivity contribution < 1.29 is 12.8 Å². The van der Waals surface area contributed by atoms with Gasteiger partial charge in [0, 0.05) is 13.1 Å². The minimum absolute atomic E-state index is 0.0282. The zero-order valence-electron chi connectivity index (χ0n) is 11.8. The Kier molecular flexibility index (Phi) is 5.54. The van der Waals surface area contributed by atoms with Crippen LogP contribution in [-0.2, 0) is 16.6 Å². The van der Waals surface area contributed by atoms with Gasteiger partial charge in [-0.1, -0.05) is 32.4 Å². The molecule has 0 amide bonds. The van der Waals surface area contributed by atoms with Crippen LogP contribution in [0, 0.1) is 11.2 Å². The van der Waals surface area contributed by atoms with Gasteiger partial charge in [0.2, 0.25) is 10.0 Å². The predicted molar refractivity (Wildman–Crippen MR) is 78.6 cm³/mol. The zero-order chi connectivity index (χ0) is 15.6. The van der Waals surface area contributed by atoms with Crippen LogP contribution in [0.4, 0.5) is 4.39 Å². The highest BCUT2D eigenvalue weighted by Crippen LogP contribution is 2.25. The molecule has 0 aromatic heterocycles. The van der Waals surface area contributed by atoms with Gasteiger partial charge in [0.15, 0.2) is 0 Å². The van der Waals surface area contributed by atoms with Crippen LogP contribution >= 0.6 is 11.6 Å². The minimum Gasteiger partial charge on any atom is -0.326 e. The molecule has 0 aliphatic heterocycles. The number of halogens is 2. The Labute approximate surface area is 124 Å². The fraction of sp³-hybridized carbons (Fsp3) is 0.538. The lowest BCUT2D eigenvalue weighted by atomic mass is 9.91. The molecule has 0 heterocycles. The van der Waals surface area contributed by atoms with Gasteiger partial charge in [-0.2, -0.15) is 0 Å². The van der Waals surface area contributed by atoms with Crippen molar-refractivity contribution in [3.05, 3.63) is 28.5 Å². The summed E-state index contributed by atoms with van der Waals surface area (Å²) in [4.78, 5) is -0.160. The smallest absolute Gasteiger partial charge is 0.240 e. The number of hydrogen-bond acceptors (Lipinski definition) is 3. The maximum absolute atomic E-state index is 13.6. The topological polar surface area (TPSA) is 72.2 Å². The molecule has 0 saturated heterocycles. The van der Waals surface area contributed by atoms with Crippen molar-refractivity contribution in [2.24, 2.45) is 11.1 Å². The number of benzene rings is 1. The molecule has 0 bridgehead atoms. The van der Waals surface area contributed by atoms with Crippen LogP contribution in [0.2, 0.25) is 5.02 Å². The van der Waals surface area contributed by atoms with Crippen LogP contribution in [0.3, 0.4) is 0 Å². The van der Waals surface area contributed by atoms with E-state index in [9.17, 15) is 12.8 Å². The summed E-state index contributed by atoms with van der Waals surface area (Å²) in [5.74, 6) is -0.787. The Morgan fingerprint density at radius 3 is 2.50 bits per heavy atom. The van der Waals surface area contributed by atoms with E-state index in [0.29, 0.717) is 0 Å². The maximum Gasteiger partial charge on any atom is 0.240 e. The molecule has 0 atom stereocenters. The first-order valence-corrected chi connectivity index (χ1v) is 8.16. The summed E-state index contributed by atoms with van der Waals surface area (Å²) in [6, 6.07) is 2.20. The molecule has 0 aliphatic rings. The average molecular weight is 323 g/mol. The van der Waals surface area contributed by atoms with Crippen LogP contribution in [0.5, 0.6) is 0 Å². The van der Waals surface area contributed by atoms with Gasteiger partial charge >= 0.3 is 0 Å². The van der Waals surface area contributed by atoms with E-state index in [0.717, 1.165) is 12.5 Å². The summed E-state index contributed by atoms with van der Waals surface area (Å²) in [6.07, 6.45) is 0.818. The Hall–Kier alpha value is -0.690. The van der Waals surface area contributed by atoms with Crippen molar-refractivity contribution in [2.45, 2.75) is 38.6 Å². The Balaban J connectivity index is 3.07. The largest absolute Gasteiger partial charge is 0.326 e. The molecule has 4 nitrogen and oxygen atoms in total. The zero-order valence-corrected chi connectivity index (χ0v) is 13.4. The Morgan fingerprint density at radius 2 is 2.00 bits per heavy atom. The fourth-order valence-corrected chi connectivity index (χ4v) is 2.91. The number of nitrogens with one attached hydrogen (secondary N) is 1. The standard InChI is InChI=1S/C13H20ClFN2O2S/c1-4-13(2,3)8-17-20(18,19)10-5-9(7-16)12(14)11(15)6-10/h5-6,17H,4,7-8,16H2,1-3H3. The second-order valence-corrected chi connectivity index (χ2v) is 7.57. The summed E-state index contributed by atoms with van der Waals surface area (Å²) in [6.45, 7) is 6.11. The monoisotopic (exact) mass is 322 g/mol. The third-order valence-electron chi connectivity index (χ3n) is 3.31. The third-order valence-corrected chi connectivity index (χ3v) is 5.11. The molecule has 1 aromatic rings. The van der Waals surface area contributed by atoms with Gasteiger partial charge in [-0.05, 0) is 29.5 Å². The molecule has 1 aromatic carbocycles. The SMILES string of the molecule is CCC(C)(C)CNS(=O)(=O)c1cc(F)c(Cl)c(CN)c1. The van der Waals surface area contributed by atoms with E-state index < -0.39 is 15.8 Å². The summed E-state index contributed by atoms with van der Waals surface area (Å²) in [5, 5.41) is -0.139.